The molecular weight excluding hydrogens is 186 g/mol. The molecule has 2 rings (SSSR count). The number of nitrogens with zero attached hydrogens (tertiary/aromatic N) is 2. The summed E-state index contributed by atoms with van der Waals surface area (Å²) in [5.74, 6) is 0. The normalized spacial score (nSPS) is 22.1. The summed E-state index contributed by atoms with van der Waals surface area (Å²) in [7, 11) is 0. The Labute approximate surface area is 91.3 Å². The summed E-state index contributed by atoms with van der Waals surface area (Å²) in [6.45, 7) is 4.92. The van der Waals surface area contributed by atoms with Gasteiger partial charge in [-0.15, -0.1) is 0 Å². The first-order valence-corrected chi connectivity index (χ1v) is 5.66. The minimum atomic E-state index is 0.562. The van der Waals surface area contributed by atoms with Crippen molar-refractivity contribution in [3.05, 3.63) is 29.6 Å². The van der Waals surface area contributed by atoms with Crippen LogP contribution in [0.2, 0.25) is 0 Å². The molecule has 3 heteroatoms. The molecule has 82 valence electrons. The van der Waals surface area contributed by atoms with Crippen LogP contribution in [0.15, 0.2) is 18.2 Å². The van der Waals surface area contributed by atoms with Crippen LogP contribution in [0.25, 0.3) is 0 Å². The number of hydrogen-bond acceptors (Lipinski definition) is 3. The number of likely N-dealkylation sites (tertiary alicyclic amines) is 1. The molecule has 2 N–H and O–H groups in total. The Morgan fingerprint density at radius 3 is 3.13 bits per heavy atom. The van der Waals surface area contributed by atoms with Crippen LogP contribution in [0.3, 0.4) is 0 Å². The molecule has 1 aliphatic heterocycles. The lowest BCUT2D eigenvalue weighted by Crippen LogP contribution is -2.35. The average Bonchev–Trinajstić information content (AvgIpc) is 2.65. The Hall–Kier alpha value is -0.930. The van der Waals surface area contributed by atoms with Gasteiger partial charge in [-0.2, -0.15) is 0 Å². The lowest BCUT2D eigenvalue weighted by molar-refractivity contribution is 0.247. The van der Waals surface area contributed by atoms with E-state index < -0.39 is 0 Å². The minimum absolute atomic E-state index is 0.562. The third kappa shape index (κ3) is 2.55. The molecule has 3 nitrogen and oxygen atoms in total. The maximum absolute atomic E-state index is 5.75. The highest BCUT2D eigenvalue weighted by Gasteiger charge is 2.23. The fraction of sp³-hybridized carbons (Fsp3) is 0.583. The van der Waals surface area contributed by atoms with Crippen molar-refractivity contribution < 1.29 is 0 Å². The largest absolute Gasteiger partial charge is 0.329 e. The summed E-state index contributed by atoms with van der Waals surface area (Å²) in [5, 5.41) is 0. The molecule has 2 heterocycles. The Balaban J connectivity index is 2.02. The van der Waals surface area contributed by atoms with E-state index in [1.54, 1.807) is 0 Å². The average molecular weight is 205 g/mol. The van der Waals surface area contributed by atoms with Gasteiger partial charge in [0.2, 0.25) is 0 Å². The fourth-order valence-electron chi connectivity index (χ4n) is 2.27. The number of hydrogen-bond donors (Lipinski definition) is 1. The van der Waals surface area contributed by atoms with Crippen molar-refractivity contribution in [2.75, 3.05) is 13.1 Å². The van der Waals surface area contributed by atoms with Gasteiger partial charge in [-0.1, -0.05) is 6.07 Å². The first-order valence-electron chi connectivity index (χ1n) is 5.66. The van der Waals surface area contributed by atoms with Gasteiger partial charge in [0.25, 0.3) is 0 Å². The van der Waals surface area contributed by atoms with Crippen molar-refractivity contribution >= 4 is 0 Å². The predicted octanol–water partition coefficient (Wildman–Crippen LogP) is 1.31. The number of nitrogens with two attached hydrogens (primary N) is 1. The van der Waals surface area contributed by atoms with E-state index in [1.165, 1.54) is 12.8 Å². The molecule has 1 atom stereocenters. The van der Waals surface area contributed by atoms with E-state index in [2.05, 4.69) is 22.0 Å². The molecule has 1 saturated heterocycles. The van der Waals surface area contributed by atoms with Crippen LogP contribution >= 0.6 is 0 Å². The van der Waals surface area contributed by atoms with Gasteiger partial charge in [-0.25, -0.2) is 0 Å². The van der Waals surface area contributed by atoms with Gasteiger partial charge in [0, 0.05) is 24.8 Å². The van der Waals surface area contributed by atoms with Crippen molar-refractivity contribution in [1.82, 2.24) is 9.88 Å². The third-order valence-electron chi connectivity index (χ3n) is 3.08. The van der Waals surface area contributed by atoms with Crippen LogP contribution in [0.4, 0.5) is 0 Å². The highest BCUT2D eigenvalue weighted by molar-refractivity contribution is 5.10. The van der Waals surface area contributed by atoms with Crippen LogP contribution in [0, 0.1) is 6.92 Å². The molecule has 0 radical (unpaired) electrons. The Morgan fingerprint density at radius 1 is 1.53 bits per heavy atom. The number of aryl methyl sites for hydroxylation is 1. The summed E-state index contributed by atoms with van der Waals surface area (Å²) in [6, 6.07) is 6.77. The molecule has 0 amide bonds. The van der Waals surface area contributed by atoms with Gasteiger partial charge in [0.05, 0.1) is 5.69 Å². The Kier molecular flexibility index (Phi) is 3.34. The zero-order valence-electron chi connectivity index (χ0n) is 9.32. The van der Waals surface area contributed by atoms with Gasteiger partial charge in [-0.05, 0) is 38.4 Å². The molecule has 0 aliphatic carbocycles. The van der Waals surface area contributed by atoms with Gasteiger partial charge in [0.1, 0.15) is 0 Å². The van der Waals surface area contributed by atoms with Crippen molar-refractivity contribution in [1.29, 1.82) is 0 Å². The highest BCUT2D eigenvalue weighted by Crippen LogP contribution is 2.18. The van der Waals surface area contributed by atoms with E-state index >= 15 is 0 Å². The second-order valence-corrected chi connectivity index (χ2v) is 4.27. The van der Waals surface area contributed by atoms with Crippen molar-refractivity contribution in [3.8, 4) is 0 Å². The zero-order valence-corrected chi connectivity index (χ0v) is 9.32. The standard InChI is InChI=1S/C12H19N3/c1-10-4-2-5-11(14-10)9-15-7-3-6-12(15)8-13/h2,4-5,12H,3,6-9,13H2,1H3. The zero-order chi connectivity index (χ0) is 10.7. The smallest absolute Gasteiger partial charge is 0.0547 e. The maximum Gasteiger partial charge on any atom is 0.0547 e. The summed E-state index contributed by atoms with van der Waals surface area (Å²) in [4.78, 5) is 6.97. The lowest BCUT2D eigenvalue weighted by Gasteiger charge is -2.22. The predicted molar refractivity (Wildman–Crippen MR) is 61.5 cm³/mol. The minimum Gasteiger partial charge on any atom is -0.329 e. The lowest BCUT2D eigenvalue weighted by atomic mass is 10.2. The topological polar surface area (TPSA) is 42.1 Å². The first-order chi connectivity index (χ1) is 7.29. The fourth-order valence-corrected chi connectivity index (χ4v) is 2.27. The summed E-state index contributed by atoms with van der Waals surface area (Å²) in [6.07, 6.45) is 2.51. The third-order valence-corrected chi connectivity index (χ3v) is 3.08. The summed E-state index contributed by atoms with van der Waals surface area (Å²) in [5.41, 5.74) is 8.00. The molecular formula is C12H19N3. The SMILES string of the molecule is Cc1cccc(CN2CCCC2CN)n1. The summed E-state index contributed by atoms with van der Waals surface area (Å²) < 4.78 is 0. The van der Waals surface area contributed by atoms with E-state index in [0.29, 0.717) is 6.04 Å². The van der Waals surface area contributed by atoms with Crippen molar-refractivity contribution in [2.45, 2.75) is 32.4 Å². The van der Waals surface area contributed by atoms with Crippen LogP contribution in [-0.4, -0.2) is 29.0 Å². The Morgan fingerprint density at radius 2 is 2.40 bits per heavy atom. The molecule has 15 heavy (non-hydrogen) atoms. The number of aromatic nitrogens is 1. The molecule has 0 bridgehead atoms. The molecule has 1 aromatic heterocycles. The van der Waals surface area contributed by atoms with Crippen molar-refractivity contribution in [3.63, 3.8) is 0 Å². The molecule has 0 saturated carbocycles. The maximum atomic E-state index is 5.75. The molecule has 1 fully saturated rings. The molecule has 1 unspecified atom stereocenters. The van der Waals surface area contributed by atoms with Crippen LogP contribution in [0.1, 0.15) is 24.2 Å². The van der Waals surface area contributed by atoms with Crippen LogP contribution in [0.5, 0.6) is 0 Å². The van der Waals surface area contributed by atoms with E-state index in [-0.39, 0.29) is 0 Å². The highest BCUT2D eigenvalue weighted by atomic mass is 15.2. The van der Waals surface area contributed by atoms with Crippen molar-refractivity contribution in [2.24, 2.45) is 5.73 Å². The molecule has 1 aliphatic rings. The second kappa shape index (κ2) is 4.73. The van der Waals surface area contributed by atoms with Gasteiger partial charge in [0.15, 0.2) is 0 Å². The molecule has 0 spiro atoms. The van der Waals surface area contributed by atoms with E-state index in [4.69, 9.17) is 5.73 Å². The van der Waals surface area contributed by atoms with Gasteiger partial charge >= 0.3 is 0 Å². The quantitative estimate of drug-likeness (QED) is 0.809. The van der Waals surface area contributed by atoms with E-state index in [1.807, 2.05) is 13.0 Å². The number of rotatable bonds is 3. The molecule has 0 aromatic carbocycles. The van der Waals surface area contributed by atoms with E-state index in [0.717, 1.165) is 31.0 Å². The monoisotopic (exact) mass is 205 g/mol. The first kappa shape index (κ1) is 10.6. The van der Waals surface area contributed by atoms with Gasteiger partial charge < -0.3 is 5.73 Å². The summed E-state index contributed by atoms with van der Waals surface area (Å²) >= 11 is 0. The molecule has 1 aromatic rings. The Bertz CT molecular complexity index is 324. The second-order valence-electron chi connectivity index (χ2n) is 4.27. The number of pyridine rings is 1. The van der Waals surface area contributed by atoms with Gasteiger partial charge in [-0.3, -0.25) is 9.88 Å². The van der Waals surface area contributed by atoms with Crippen LogP contribution in [-0.2, 0) is 6.54 Å². The van der Waals surface area contributed by atoms with E-state index in [9.17, 15) is 0 Å². The van der Waals surface area contributed by atoms with Crippen LogP contribution < -0.4 is 5.73 Å².